The molecule has 1 aromatic carbocycles. The number of carbonyl (C=O) groups excluding carboxylic acids is 2. The molecule has 0 bridgehead atoms. The second kappa shape index (κ2) is 8.66. The minimum Gasteiger partial charge on any atom is -0.494 e. The van der Waals surface area contributed by atoms with Crippen molar-refractivity contribution in [2.75, 3.05) is 24.7 Å². The van der Waals surface area contributed by atoms with Crippen molar-refractivity contribution in [3.05, 3.63) is 35.9 Å². The van der Waals surface area contributed by atoms with Gasteiger partial charge in [0.1, 0.15) is 5.75 Å². The number of carbonyl (C=O) groups is 2. The molecule has 0 radical (unpaired) electrons. The molecule has 0 unspecified atom stereocenters. The molecule has 0 saturated carbocycles. The fourth-order valence-corrected chi connectivity index (χ4v) is 4.04. The van der Waals surface area contributed by atoms with Gasteiger partial charge in [0, 0.05) is 12.1 Å². The van der Waals surface area contributed by atoms with Crippen molar-refractivity contribution in [3.63, 3.8) is 0 Å². The minimum atomic E-state index is -3.06. The van der Waals surface area contributed by atoms with Crippen LogP contribution in [0.2, 0.25) is 0 Å². The van der Waals surface area contributed by atoms with Gasteiger partial charge >= 0.3 is 5.97 Å². The maximum atomic E-state index is 11.7. The van der Waals surface area contributed by atoms with Crippen LogP contribution in [0.5, 0.6) is 5.75 Å². The van der Waals surface area contributed by atoms with E-state index in [4.69, 9.17) is 9.47 Å². The predicted molar refractivity (Wildman–Crippen MR) is 92.8 cm³/mol. The van der Waals surface area contributed by atoms with Crippen LogP contribution < -0.4 is 10.1 Å². The van der Waals surface area contributed by atoms with Crippen molar-refractivity contribution in [1.82, 2.24) is 5.32 Å². The number of hydrogen-bond donors (Lipinski definition) is 1. The SMILES string of the molecule is CCOc1ccc(/C=C/C(=O)OCC(=O)N[C@@H]2CCS(=O)(=O)C2)cc1. The summed E-state index contributed by atoms with van der Waals surface area (Å²) >= 11 is 0. The summed E-state index contributed by atoms with van der Waals surface area (Å²) in [5.74, 6) is -0.409. The van der Waals surface area contributed by atoms with E-state index in [2.05, 4.69) is 5.32 Å². The number of nitrogens with one attached hydrogen (secondary N) is 1. The third-order valence-corrected chi connectivity index (χ3v) is 5.31. The lowest BCUT2D eigenvalue weighted by atomic mass is 10.2. The summed E-state index contributed by atoms with van der Waals surface area (Å²) in [5.41, 5.74) is 0.793. The van der Waals surface area contributed by atoms with E-state index in [9.17, 15) is 18.0 Å². The molecule has 2 rings (SSSR count). The van der Waals surface area contributed by atoms with Gasteiger partial charge in [0.2, 0.25) is 0 Å². The fraction of sp³-hybridized carbons (Fsp3) is 0.412. The highest BCUT2D eigenvalue weighted by molar-refractivity contribution is 7.91. The molecule has 1 aromatic rings. The lowest BCUT2D eigenvalue weighted by Gasteiger charge is -2.10. The molecule has 0 spiro atoms. The monoisotopic (exact) mass is 367 g/mol. The second-order valence-corrected chi connectivity index (χ2v) is 7.84. The summed E-state index contributed by atoms with van der Waals surface area (Å²) in [6, 6.07) is 6.76. The Bertz CT molecular complexity index is 739. The van der Waals surface area contributed by atoms with Crippen LogP contribution in [0.15, 0.2) is 30.3 Å². The summed E-state index contributed by atoms with van der Waals surface area (Å²) in [6.07, 6.45) is 3.18. The number of hydrogen-bond acceptors (Lipinski definition) is 6. The summed E-state index contributed by atoms with van der Waals surface area (Å²) in [5, 5.41) is 2.55. The maximum Gasteiger partial charge on any atom is 0.331 e. The zero-order chi connectivity index (χ0) is 18.3. The average Bonchev–Trinajstić information content (AvgIpc) is 2.91. The lowest BCUT2D eigenvalue weighted by Crippen LogP contribution is -2.38. The first-order chi connectivity index (χ1) is 11.9. The Kier molecular flexibility index (Phi) is 6.58. The van der Waals surface area contributed by atoms with E-state index < -0.39 is 34.4 Å². The minimum absolute atomic E-state index is 0.0651. The Hall–Kier alpha value is -2.35. The number of ether oxygens (including phenoxy) is 2. The summed E-state index contributed by atoms with van der Waals surface area (Å²) in [6.45, 7) is 2.03. The van der Waals surface area contributed by atoms with Gasteiger partial charge in [-0.2, -0.15) is 0 Å². The Morgan fingerprint density at radius 1 is 1.28 bits per heavy atom. The van der Waals surface area contributed by atoms with E-state index >= 15 is 0 Å². The molecule has 136 valence electrons. The molecule has 8 heteroatoms. The Morgan fingerprint density at radius 2 is 2.00 bits per heavy atom. The summed E-state index contributed by atoms with van der Waals surface area (Å²) in [7, 11) is -3.06. The van der Waals surface area contributed by atoms with E-state index in [1.165, 1.54) is 6.08 Å². The summed E-state index contributed by atoms with van der Waals surface area (Å²) in [4.78, 5) is 23.3. The molecule has 1 heterocycles. The van der Waals surface area contributed by atoms with E-state index in [0.717, 1.165) is 11.3 Å². The van der Waals surface area contributed by atoms with Crippen LogP contribution in [0.25, 0.3) is 6.08 Å². The van der Waals surface area contributed by atoms with Gasteiger partial charge in [-0.3, -0.25) is 4.79 Å². The first-order valence-corrected chi connectivity index (χ1v) is 9.77. The fourth-order valence-electron chi connectivity index (χ4n) is 2.37. The molecule has 1 aliphatic heterocycles. The first kappa shape index (κ1) is 19.0. The molecule has 1 atom stereocenters. The first-order valence-electron chi connectivity index (χ1n) is 7.95. The van der Waals surface area contributed by atoms with Crippen molar-refractivity contribution in [2.45, 2.75) is 19.4 Å². The van der Waals surface area contributed by atoms with Crippen LogP contribution in [-0.4, -0.2) is 51.1 Å². The molecule has 1 N–H and O–H groups in total. The predicted octanol–water partition coefficient (Wildman–Crippen LogP) is 0.945. The van der Waals surface area contributed by atoms with Crippen molar-refractivity contribution >= 4 is 27.8 Å². The van der Waals surface area contributed by atoms with E-state index in [1.807, 2.05) is 6.92 Å². The van der Waals surface area contributed by atoms with Crippen LogP contribution >= 0.6 is 0 Å². The van der Waals surface area contributed by atoms with Gasteiger partial charge in [0.05, 0.1) is 18.1 Å². The molecule has 0 aromatic heterocycles. The van der Waals surface area contributed by atoms with Crippen molar-refractivity contribution in [3.8, 4) is 5.75 Å². The second-order valence-electron chi connectivity index (χ2n) is 5.61. The lowest BCUT2D eigenvalue weighted by molar-refractivity contribution is -0.143. The topological polar surface area (TPSA) is 98.8 Å². The molecule has 1 aliphatic rings. The van der Waals surface area contributed by atoms with E-state index in [-0.39, 0.29) is 11.5 Å². The molecular weight excluding hydrogens is 346 g/mol. The largest absolute Gasteiger partial charge is 0.494 e. The van der Waals surface area contributed by atoms with Crippen LogP contribution in [0.4, 0.5) is 0 Å². The highest BCUT2D eigenvalue weighted by Crippen LogP contribution is 2.13. The van der Waals surface area contributed by atoms with Crippen LogP contribution in [0.1, 0.15) is 18.9 Å². The smallest absolute Gasteiger partial charge is 0.331 e. The molecule has 0 aliphatic carbocycles. The highest BCUT2D eigenvalue weighted by atomic mass is 32.2. The Morgan fingerprint density at radius 3 is 2.60 bits per heavy atom. The molecule has 7 nitrogen and oxygen atoms in total. The third-order valence-electron chi connectivity index (χ3n) is 3.55. The van der Waals surface area contributed by atoms with Crippen molar-refractivity contribution in [1.29, 1.82) is 0 Å². The normalized spacial score (nSPS) is 18.8. The number of rotatable bonds is 7. The Labute approximate surface area is 146 Å². The van der Waals surface area contributed by atoms with Gasteiger partial charge in [-0.25, -0.2) is 13.2 Å². The van der Waals surface area contributed by atoms with E-state index in [1.54, 1.807) is 30.3 Å². The maximum absolute atomic E-state index is 11.7. The summed E-state index contributed by atoms with van der Waals surface area (Å²) < 4.78 is 32.8. The third kappa shape index (κ3) is 6.58. The van der Waals surface area contributed by atoms with Gasteiger partial charge in [0.15, 0.2) is 16.4 Å². The van der Waals surface area contributed by atoms with Gasteiger partial charge in [-0.1, -0.05) is 12.1 Å². The number of benzene rings is 1. The molecule has 1 fully saturated rings. The quantitative estimate of drug-likeness (QED) is 0.569. The van der Waals surface area contributed by atoms with Crippen LogP contribution in [-0.2, 0) is 24.2 Å². The van der Waals surface area contributed by atoms with Crippen LogP contribution in [0, 0.1) is 0 Å². The molecular formula is C17H21NO6S. The van der Waals surface area contributed by atoms with Gasteiger partial charge in [0.25, 0.3) is 5.91 Å². The highest BCUT2D eigenvalue weighted by Gasteiger charge is 2.28. The van der Waals surface area contributed by atoms with Gasteiger partial charge in [-0.15, -0.1) is 0 Å². The van der Waals surface area contributed by atoms with Gasteiger partial charge in [-0.05, 0) is 37.1 Å². The van der Waals surface area contributed by atoms with E-state index in [0.29, 0.717) is 13.0 Å². The number of sulfone groups is 1. The molecule has 1 saturated heterocycles. The number of amides is 1. The standard InChI is InChI=1S/C17H21NO6S/c1-2-23-15-6-3-13(4-7-15)5-8-17(20)24-11-16(19)18-14-9-10-25(21,22)12-14/h3-8,14H,2,9-12H2,1H3,(H,18,19)/b8-5+/t14-/m1/s1. The number of esters is 1. The zero-order valence-electron chi connectivity index (χ0n) is 13.9. The zero-order valence-corrected chi connectivity index (χ0v) is 14.8. The molecule has 1 amide bonds. The van der Waals surface area contributed by atoms with Gasteiger partial charge < -0.3 is 14.8 Å². The average molecular weight is 367 g/mol. The Balaban J connectivity index is 1.73. The van der Waals surface area contributed by atoms with Crippen molar-refractivity contribution in [2.24, 2.45) is 0 Å². The van der Waals surface area contributed by atoms with Crippen molar-refractivity contribution < 1.29 is 27.5 Å². The molecule has 25 heavy (non-hydrogen) atoms. The van der Waals surface area contributed by atoms with Crippen LogP contribution in [0.3, 0.4) is 0 Å².